The number of halogens is 1. The van der Waals surface area contributed by atoms with Gasteiger partial charge >= 0.3 is 6.09 Å². The van der Waals surface area contributed by atoms with E-state index < -0.39 is 11.4 Å². The number of ether oxygens (including phenoxy) is 1. The van der Waals surface area contributed by atoms with Crippen molar-refractivity contribution in [1.82, 2.24) is 4.90 Å². The highest BCUT2D eigenvalue weighted by molar-refractivity contribution is 5.78. The van der Waals surface area contributed by atoms with Gasteiger partial charge in [-0.05, 0) is 57.9 Å². The summed E-state index contributed by atoms with van der Waals surface area (Å²) in [4.78, 5) is 24.7. The predicted octanol–water partition coefficient (Wildman–Crippen LogP) is 4.71. The van der Waals surface area contributed by atoms with Crippen molar-refractivity contribution >= 4 is 18.1 Å². The van der Waals surface area contributed by atoms with Crippen molar-refractivity contribution in [1.29, 1.82) is 0 Å². The molecule has 28 heavy (non-hydrogen) atoms. The number of amides is 1. The van der Waals surface area contributed by atoms with E-state index in [1.807, 2.05) is 20.8 Å². The van der Waals surface area contributed by atoms with Crippen LogP contribution in [0.2, 0.25) is 0 Å². The van der Waals surface area contributed by atoms with Gasteiger partial charge in [0.1, 0.15) is 17.2 Å². The normalized spacial score (nSPS) is 15.4. The van der Waals surface area contributed by atoms with Gasteiger partial charge < -0.3 is 19.4 Å². The van der Waals surface area contributed by atoms with Gasteiger partial charge in [0.25, 0.3) is 0 Å². The van der Waals surface area contributed by atoms with Crippen LogP contribution in [0.5, 0.6) is 0 Å². The summed E-state index contributed by atoms with van der Waals surface area (Å²) in [7, 11) is 0. The topological polar surface area (TPSA) is 71.8 Å². The van der Waals surface area contributed by atoms with E-state index >= 15 is 0 Å². The second kappa shape index (κ2) is 8.04. The number of aldehydes is 1. The average Bonchev–Trinajstić information content (AvgIpc) is 3.11. The van der Waals surface area contributed by atoms with E-state index in [0.717, 1.165) is 0 Å². The second-order valence-corrected chi connectivity index (χ2v) is 7.87. The highest BCUT2D eigenvalue weighted by atomic mass is 19.1. The third kappa shape index (κ3) is 4.71. The first-order valence-electron chi connectivity index (χ1n) is 9.35. The molecule has 1 amide bonds. The molecule has 2 heterocycles. The Balaban J connectivity index is 1.68. The molecule has 0 atom stereocenters. The van der Waals surface area contributed by atoms with E-state index in [0.29, 0.717) is 49.2 Å². The number of carbonyl (C=O) groups excluding carboxylic acids is 2. The number of furan rings is 1. The van der Waals surface area contributed by atoms with Crippen LogP contribution < -0.4 is 5.32 Å². The molecule has 6 nitrogen and oxygen atoms in total. The molecule has 0 unspecified atom stereocenters. The Morgan fingerprint density at radius 3 is 2.57 bits per heavy atom. The Morgan fingerprint density at radius 1 is 1.25 bits per heavy atom. The van der Waals surface area contributed by atoms with Gasteiger partial charge in [0, 0.05) is 24.7 Å². The lowest BCUT2D eigenvalue weighted by Crippen LogP contribution is -2.44. The molecule has 3 rings (SSSR count). The summed E-state index contributed by atoms with van der Waals surface area (Å²) >= 11 is 0. The van der Waals surface area contributed by atoms with Crippen LogP contribution in [0, 0.1) is 5.82 Å². The number of para-hydroxylation sites is 1. The molecule has 0 saturated carbocycles. The van der Waals surface area contributed by atoms with Crippen LogP contribution >= 0.6 is 0 Å². The van der Waals surface area contributed by atoms with Crippen molar-refractivity contribution in [2.45, 2.75) is 45.3 Å². The number of nitrogens with one attached hydrogen (secondary N) is 1. The van der Waals surface area contributed by atoms with Gasteiger partial charge in [0.05, 0.1) is 5.69 Å². The summed E-state index contributed by atoms with van der Waals surface area (Å²) in [5.74, 6) is 0.224. The number of anilines is 1. The first-order valence-corrected chi connectivity index (χ1v) is 9.35. The van der Waals surface area contributed by atoms with Gasteiger partial charge in [-0.1, -0.05) is 6.07 Å². The third-order valence-corrected chi connectivity index (χ3v) is 4.52. The fraction of sp³-hybridized carbons (Fsp3) is 0.429. The zero-order valence-electron chi connectivity index (χ0n) is 16.3. The van der Waals surface area contributed by atoms with E-state index in [4.69, 9.17) is 9.15 Å². The Bertz CT molecular complexity index is 848. The van der Waals surface area contributed by atoms with Gasteiger partial charge in [-0.15, -0.1) is 0 Å². The van der Waals surface area contributed by atoms with Crippen LogP contribution in [0.25, 0.3) is 11.3 Å². The number of hydrogen-bond donors (Lipinski definition) is 1. The first kappa shape index (κ1) is 19.9. The quantitative estimate of drug-likeness (QED) is 0.768. The highest BCUT2D eigenvalue weighted by Crippen LogP contribution is 2.33. The summed E-state index contributed by atoms with van der Waals surface area (Å²) in [5, 5.41) is 3.25. The van der Waals surface area contributed by atoms with Gasteiger partial charge in [-0.25, -0.2) is 9.18 Å². The first-order chi connectivity index (χ1) is 13.3. The second-order valence-electron chi connectivity index (χ2n) is 7.87. The smallest absolute Gasteiger partial charge is 0.410 e. The number of hydrogen-bond acceptors (Lipinski definition) is 5. The van der Waals surface area contributed by atoms with Crippen LogP contribution in [0.3, 0.4) is 0 Å². The van der Waals surface area contributed by atoms with Gasteiger partial charge in [-0.2, -0.15) is 0 Å². The number of likely N-dealkylation sites (tertiary alicyclic amines) is 1. The van der Waals surface area contributed by atoms with E-state index in [2.05, 4.69) is 5.32 Å². The molecule has 0 aliphatic carbocycles. The Labute approximate surface area is 163 Å². The zero-order valence-corrected chi connectivity index (χ0v) is 16.3. The fourth-order valence-corrected chi connectivity index (χ4v) is 3.17. The highest BCUT2D eigenvalue weighted by Gasteiger charge is 2.27. The lowest BCUT2D eigenvalue weighted by atomic mass is 10.0. The van der Waals surface area contributed by atoms with Crippen molar-refractivity contribution in [2.75, 3.05) is 18.4 Å². The number of nitrogens with zero attached hydrogens (tertiary/aromatic N) is 1. The number of piperidine rings is 1. The molecular formula is C21H25FN2O4. The molecule has 2 aromatic rings. The molecule has 1 aromatic heterocycles. The van der Waals surface area contributed by atoms with Crippen LogP contribution in [0.15, 0.2) is 34.7 Å². The van der Waals surface area contributed by atoms with Crippen LogP contribution in [0.1, 0.15) is 44.2 Å². The minimum atomic E-state index is -0.530. The largest absolute Gasteiger partial charge is 0.453 e. The van der Waals surface area contributed by atoms with Gasteiger partial charge in [0.2, 0.25) is 0 Å². The minimum Gasteiger partial charge on any atom is -0.453 e. The van der Waals surface area contributed by atoms with Crippen molar-refractivity contribution in [2.24, 2.45) is 0 Å². The summed E-state index contributed by atoms with van der Waals surface area (Å²) in [6.07, 6.45) is 1.63. The Kier molecular flexibility index (Phi) is 5.72. The molecule has 1 N–H and O–H groups in total. The molecule has 1 saturated heterocycles. The van der Waals surface area contributed by atoms with Crippen LogP contribution in [0.4, 0.5) is 14.9 Å². The molecule has 1 aromatic carbocycles. The maximum Gasteiger partial charge on any atom is 0.410 e. The maximum atomic E-state index is 14.5. The summed E-state index contributed by atoms with van der Waals surface area (Å²) in [5.41, 5.74) is 0.366. The summed E-state index contributed by atoms with van der Waals surface area (Å²) < 4.78 is 25.4. The monoisotopic (exact) mass is 388 g/mol. The zero-order chi connectivity index (χ0) is 20.3. The molecule has 0 bridgehead atoms. The lowest BCUT2D eigenvalue weighted by Gasteiger charge is -2.34. The molecule has 7 heteroatoms. The SMILES string of the molecule is CC(C)(C)OC(=O)N1CCC(Nc2c(F)cccc2-c2ccc(C=O)o2)CC1. The van der Waals surface area contributed by atoms with E-state index in [1.165, 1.54) is 6.07 Å². The molecule has 0 spiro atoms. The Morgan fingerprint density at radius 2 is 1.96 bits per heavy atom. The average molecular weight is 388 g/mol. The maximum absolute atomic E-state index is 14.5. The van der Waals surface area contributed by atoms with Crippen molar-refractivity contribution in [3.8, 4) is 11.3 Å². The lowest BCUT2D eigenvalue weighted by molar-refractivity contribution is 0.0210. The number of benzene rings is 1. The molecule has 1 aliphatic rings. The van der Waals surface area contributed by atoms with E-state index in [-0.39, 0.29) is 17.9 Å². The molecular weight excluding hydrogens is 363 g/mol. The van der Waals surface area contributed by atoms with E-state index in [1.54, 1.807) is 29.2 Å². The summed E-state index contributed by atoms with van der Waals surface area (Å²) in [6.45, 7) is 6.58. The van der Waals surface area contributed by atoms with Gasteiger partial charge in [-0.3, -0.25) is 4.79 Å². The minimum absolute atomic E-state index is 0.00911. The Hall–Kier alpha value is -2.83. The third-order valence-electron chi connectivity index (χ3n) is 4.52. The molecule has 150 valence electrons. The van der Waals surface area contributed by atoms with Gasteiger partial charge in [0.15, 0.2) is 12.0 Å². The molecule has 0 radical (unpaired) electrons. The predicted molar refractivity (Wildman–Crippen MR) is 104 cm³/mol. The fourth-order valence-electron chi connectivity index (χ4n) is 3.17. The number of rotatable bonds is 4. The van der Waals surface area contributed by atoms with Crippen LogP contribution in [-0.2, 0) is 4.74 Å². The van der Waals surface area contributed by atoms with Crippen molar-refractivity contribution < 1.29 is 23.1 Å². The van der Waals surface area contributed by atoms with Crippen LogP contribution in [-0.4, -0.2) is 42.0 Å². The molecule has 1 aliphatic heterocycles. The standard InChI is InChI=1S/C21H25FN2O4/c1-21(2,3)28-20(26)24-11-9-14(10-12-24)23-19-16(5-4-6-17(19)22)18-8-7-15(13-25)27-18/h4-8,13-14,23H,9-12H2,1-3H3. The van der Waals surface area contributed by atoms with Crippen molar-refractivity contribution in [3.63, 3.8) is 0 Å². The number of carbonyl (C=O) groups is 2. The van der Waals surface area contributed by atoms with E-state index in [9.17, 15) is 14.0 Å². The summed E-state index contributed by atoms with van der Waals surface area (Å²) in [6, 6.07) is 7.93. The van der Waals surface area contributed by atoms with Crippen molar-refractivity contribution in [3.05, 3.63) is 41.9 Å². The molecule has 1 fully saturated rings.